The van der Waals surface area contributed by atoms with Crippen molar-refractivity contribution in [3.63, 3.8) is 0 Å². The molecule has 0 spiro atoms. The van der Waals surface area contributed by atoms with Gasteiger partial charge in [-0.15, -0.1) is 0 Å². The van der Waals surface area contributed by atoms with Gasteiger partial charge in [0.05, 0.1) is 23.0 Å². The van der Waals surface area contributed by atoms with Crippen molar-refractivity contribution in [1.29, 1.82) is 0 Å². The summed E-state index contributed by atoms with van der Waals surface area (Å²) in [6, 6.07) is 5.16. The molecule has 1 aromatic carbocycles. The molecular weight excluding hydrogens is 320 g/mol. The van der Waals surface area contributed by atoms with Gasteiger partial charge >= 0.3 is 0 Å². The van der Waals surface area contributed by atoms with Crippen LogP contribution < -0.4 is 15.8 Å². The number of nitrogens with two attached hydrogens (primary N) is 1. The molecule has 0 aliphatic carbocycles. The fourth-order valence-corrected chi connectivity index (χ4v) is 1.76. The predicted octanol–water partition coefficient (Wildman–Crippen LogP) is 3.46. The van der Waals surface area contributed by atoms with E-state index in [4.69, 9.17) is 10.5 Å². The molecule has 4 nitrogen and oxygen atoms in total. The van der Waals surface area contributed by atoms with E-state index in [9.17, 15) is 8.78 Å². The van der Waals surface area contributed by atoms with Crippen LogP contribution in [-0.2, 0) is 0 Å². The first-order valence-electron chi connectivity index (χ1n) is 5.23. The van der Waals surface area contributed by atoms with E-state index in [1.54, 1.807) is 6.07 Å². The molecule has 0 unspecified atom stereocenters. The average Bonchev–Trinajstić information content (AvgIpc) is 2.38. The average molecular weight is 330 g/mol. The number of rotatable bonds is 3. The fourth-order valence-electron chi connectivity index (χ4n) is 1.44. The molecule has 0 aliphatic rings. The number of anilines is 3. The van der Waals surface area contributed by atoms with E-state index >= 15 is 0 Å². The summed E-state index contributed by atoms with van der Waals surface area (Å²) >= 11 is 2.90. The summed E-state index contributed by atoms with van der Waals surface area (Å²) in [4.78, 5) is 4.02. The lowest BCUT2D eigenvalue weighted by atomic mass is 10.3. The number of pyridine rings is 1. The number of methoxy groups -OCH3 is 1. The molecule has 0 saturated carbocycles. The van der Waals surface area contributed by atoms with Gasteiger partial charge in [0.2, 0.25) is 5.88 Å². The second kappa shape index (κ2) is 5.40. The van der Waals surface area contributed by atoms with Crippen LogP contribution in [0.25, 0.3) is 0 Å². The highest BCUT2D eigenvalue weighted by Crippen LogP contribution is 2.27. The highest BCUT2D eigenvalue weighted by Gasteiger charge is 2.10. The van der Waals surface area contributed by atoms with Gasteiger partial charge < -0.3 is 15.8 Å². The second-order valence-corrected chi connectivity index (χ2v) is 4.52. The number of nitrogens with zero attached hydrogens (tertiary/aromatic N) is 1. The minimum atomic E-state index is -0.606. The van der Waals surface area contributed by atoms with Crippen molar-refractivity contribution < 1.29 is 13.5 Å². The summed E-state index contributed by atoms with van der Waals surface area (Å²) in [6.07, 6.45) is 0. The van der Waals surface area contributed by atoms with E-state index in [0.29, 0.717) is 11.5 Å². The molecule has 0 radical (unpaired) electrons. The molecule has 3 N–H and O–H groups in total. The lowest BCUT2D eigenvalue weighted by molar-refractivity contribution is 0.401. The van der Waals surface area contributed by atoms with Crippen LogP contribution in [0.5, 0.6) is 5.88 Å². The van der Waals surface area contributed by atoms with E-state index in [-0.39, 0.29) is 16.0 Å². The van der Waals surface area contributed by atoms with Crippen LogP contribution in [0.15, 0.2) is 28.7 Å². The lowest BCUT2D eigenvalue weighted by Gasteiger charge is -2.10. The van der Waals surface area contributed by atoms with E-state index in [1.807, 2.05) is 0 Å². The van der Waals surface area contributed by atoms with Crippen molar-refractivity contribution in [2.24, 2.45) is 0 Å². The number of ether oxygens (including phenoxy) is 1. The molecule has 7 heteroatoms. The molecule has 100 valence electrons. The van der Waals surface area contributed by atoms with Crippen molar-refractivity contribution in [2.75, 3.05) is 18.2 Å². The van der Waals surface area contributed by atoms with E-state index in [2.05, 4.69) is 26.2 Å². The van der Waals surface area contributed by atoms with Gasteiger partial charge in [-0.25, -0.2) is 8.78 Å². The fraction of sp³-hybridized carbons (Fsp3) is 0.0833. The third-order valence-corrected chi connectivity index (χ3v) is 2.96. The van der Waals surface area contributed by atoms with Gasteiger partial charge in [-0.3, -0.25) is 0 Å². The van der Waals surface area contributed by atoms with Crippen LogP contribution in [0.4, 0.5) is 26.0 Å². The molecule has 19 heavy (non-hydrogen) atoms. The van der Waals surface area contributed by atoms with Gasteiger partial charge in [0, 0.05) is 6.07 Å². The SMILES string of the molecule is COc1nc(Nc2cc(F)c(Br)cc2F)ccc1N. The van der Waals surface area contributed by atoms with Crippen molar-refractivity contribution >= 4 is 33.1 Å². The van der Waals surface area contributed by atoms with Crippen LogP contribution in [0.2, 0.25) is 0 Å². The first kappa shape index (κ1) is 13.5. The minimum Gasteiger partial charge on any atom is -0.479 e. The van der Waals surface area contributed by atoms with Crippen LogP contribution in [0.3, 0.4) is 0 Å². The van der Waals surface area contributed by atoms with Crippen molar-refractivity contribution in [3.8, 4) is 5.88 Å². The molecule has 0 saturated heterocycles. The third kappa shape index (κ3) is 2.93. The largest absolute Gasteiger partial charge is 0.479 e. The molecular formula is C12H10BrF2N3O. The van der Waals surface area contributed by atoms with Crippen molar-refractivity contribution in [2.45, 2.75) is 0 Å². The Balaban J connectivity index is 2.33. The Bertz CT molecular complexity index is 622. The van der Waals surface area contributed by atoms with Crippen LogP contribution in [0, 0.1) is 11.6 Å². The molecule has 1 heterocycles. The summed E-state index contributed by atoms with van der Waals surface area (Å²) in [6.45, 7) is 0. The maximum Gasteiger partial charge on any atom is 0.238 e. The smallest absolute Gasteiger partial charge is 0.238 e. The second-order valence-electron chi connectivity index (χ2n) is 3.67. The summed E-state index contributed by atoms with van der Waals surface area (Å²) < 4.78 is 32.0. The Morgan fingerprint density at radius 3 is 2.68 bits per heavy atom. The summed E-state index contributed by atoms with van der Waals surface area (Å²) in [5.41, 5.74) is 5.94. The molecule has 0 aliphatic heterocycles. The Kier molecular flexibility index (Phi) is 3.84. The van der Waals surface area contributed by atoms with E-state index in [1.165, 1.54) is 13.2 Å². The topological polar surface area (TPSA) is 60.2 Å². The number of aromatic nitrogens is 1. The summed E-state index contributed by atoms with van der Waals surface area (Å²) in [5, 5.41) is 2.66. The monoisotopic (exact) mass is 329 g/mol. The molecule has 2 aromatic rings. The standard InChI is InChI=1S/C12H10BrF2N3O/c1-19-12-9(16)2-3-11(18-12)17-10-5-7(14)6(13)4-8(10)15/h2-5H,16H2,1H3,(H,17,18). The Labute approximate surface area is 116 Å². The lowest BCUT2D eigenvalue weighted by Crippen LogP contribution is -2.01. The Hall–Kier alpha value is -1.89. The van der Waals surface area contributed by atoms with Crippen molar-refractivity contribution in [3.05, 3.63) is 40.4 Å². The number of hydrogen-bond acceptors (Lipinski definition) is 4. The first-order valence-corrected chi connectivity index (χ1v) is 6.02. The Morgan fingerprint density at radius 1 is 1.26 bits per heavy atom. The summed E-state index contributed by atoms with van der Waals surface area (Å²) in [5.74, 6) is -0.674. The zero-order valence-corrected chi connectivity index (χ0v) is 11.5. The van der Waals surface area contributed by atoms with Gasteiger partial charge in [-0.1, -0.05) is 0 Å². The van der Waals surface area contributed by atoms with Crippen LogP contribution >= 0.6 is 15.9 Å². The molecule has 0 fully saturated rings. The van der Waals surface area contributed by atoms with Gasteiger partial charge in [0.15, 0.2) is 0 Å². The normalized spacial score (nSPS) is 10.3. The van der Waals surface area contributed by atoms with E-state index < -0.39 is 11.6 Å². The van der Waals surface area contributed by atoms with Gasteiger partial charge in [-0.05, 0) is 34.1 Å². The van der Waals surface area contributed by atoms with Gasteiger partial charge in [-0.2, -0.15) is 4.98 Å². The van der Waals surface area contributed by atoms with Crippen LogP contribution in [0.1, 0.15) is 0 Å². The van der Waals surface area contributed by atoms with Gasteiger partial charge in [0.1, 0.15) is 17.5 Å². The zero-order chi connectivity index (χ0) is 14.0. The first-order chi connectivity index (χ1) is 9.01. The maximum absolute atomic E-state index is 13.6. The van der Waals surface area contributed by atoms with Gasteiger partial charge in [0.25, 0.3) is 0 Å². The predicted molar refractivity (Wildman–Crippen MR) is 72.5 cm³/mol. The molecule has 0 bridgehead atoms. The number of hydrogen-bond donors (Lipinski definition) is 2. The molecule has 0 atom stereocenters. The number of benzene rings is 1. The maximum atomic E-state index is 13.6. The molecule has 0 amide bonds. The summed E-state index contributed by atoms with van der Waals surface area (Å²) in [7, 11) is 1.42. The minimum absolute atomic E-state index is 0.0278. The molecule has 2 rings (SSSR count). The number of halogens is 3. The zero-order valence-electron chi connectivity index (χ0n) is 9.88. The quantitative estimate of drug-likeness (QED) is 0.846. The van der Waals surface area contributed by atoms with Crippen molar-refractivity contribution in [1.82, 2.24) is 4.98 Å². The molecule has 1 aromatic heterocycles. The number of nitrogens with one attached hydrogen (secondary N) is 1. The highest BCUT2D eigenvalue weighted by molar-refractivity contribution is 9.10. The number of nitrogen functional groups attached to an aromatic ring is 1. The Morgan fingerprint density at radius 2 is 2.00 bits per heavy atom. The third-order valence-electron chi connectivity index (χ3n) is 2.36. The van der Waals surface area contributed by atoms with E-state index in [0.717, 1.165) is 12.1 Å². The van der Waals surface area contributed by atoms with Crippen LogP contribution in [-0.4, -0.2) is 12.1 Å². The highest BCUT2D eigenvalue weighted by atomic mass is 79.9.